The summed E-state index contributed by atoms with van der Waals surface area (Å²) in [5.74, 6) is 0. The average molecular weight is 463 g/mol. The molecule has 0 aliphatic carbocycles. The summed E-state index contributed by atoms with van der Waals surface area (Å²) in [6.45, 7) is 5.95. The van der Waals surface area contributed by atoms with Gasteiger partial charge in [-0.2, -0.15) is 5.10 Å². The minimum absolute atomic E-state index is 0.000430. The van der Waals surface area contributed by atoms with Crippen LogP contribution in [-0.4, -0.2) is 45.8 Å². The molecule has 0 radical (unpaired) electrons. The highest BCUT2D eigenvalue weighted by Crippen LogP contribution is 2.28. The first-order valence-electron chi connectivity index (χ1n) is 9.46. The number of nitrogens with zero attached hydrogens (tertiary/aromatic N) is 4. The number of hydrogen-bond acceptors (Lipinski definition) is 5. The molecule has 1 amide bonds. The van der Waals surface area contributed by atoms with Gasteiger partial charge in [-0.25, -0.2) is 17.9 Å². The highest BCUT2D eigenvalue weighted by molar-refractivity contribution is 7.91. The SMILES string of the molecule is CC(C)(C)CN(Cc1cc(S(=O)(=O)c2cccnc2)n(-c2ccccc2Cl)n1)C(=O)O. The summed E-state index contributed by atoms with van der Waals surface area (Å²) in [4.78, 5) is 16.9. The zero-order valence-corrected chi connectivity index (χ0v) is 18.9. The van der Waals surface area contributed by atoms with Gasteiger partial charge in [0.1, 0.15) is 0 Å². The van der Waals surface area contributed by atoms with Crippen molar-refractivity contribution in [3.63, 3.8) is 0 Å². The number of pyridine rings is 1. The van der Waals surface area contributed by atoms with Crippen molar-refractivity contribution in [2.24, 2.45) is 5.41 Å². The van der Waals surface area contributed by atoms with Crippen LogP contribution in [0, 0.1) is 5.41 Å². The van der Waals surface area contributed by atoms with E-state index >= 15 is 0 Å². The van der Waals surface area contributed by atoms with Crippen molar-refractivity contribution in [2.75, 3.05) is 6.54 Å². The zero-order valence-electron chi connectivity index (χ0n) is 17.4. The van der Waals surface area contributed by atoms with Gasteiger partial charge in [0, 0.05) is 25.0 Å². The van der Waals surface area contributed by atoms with Crippen LogP contribution in [-0.2, 0) is 16.4 Å². The fraction of sp³-hybridized carbons (Fsp3) is 0.286. The Morgan fingerprint density at radius 2 is 1.90 bits per heavy atom. The number of amides is 1. The van der Waals surface area contributed by atoms with E-state index < -0.39 is 15.9 Å². The number of hydrogen-bond donors (Lipinski definition) is 1. The van der Waals surface area contributed by atoms with Gasteiger partial charge in [-0.3, -0.25) is 4.98 Å². The molecule has 0 saturated heterocycles. The number of rotatable bonds is 6. The molecule has 1 aromatic carbocycles. The molecule has 0 atom stereocenters. The second-order valence-electron chi connectivity index (χ2n) is 8.23. The van der Waals surface area contributed by atoms with E-state index in [4.69, 9.17) is 11.6 Å². The van der Waals surface area contributed by atoms with E-state index in [1.807, 2.05) is 20.8 Å². The van der Waals surface area contributed by atoms with Crippen LogP contribution in [0.15, 0.2) is 64.8 Å². The third-order valence-electron chi connectivity index (χ3n) is 4.32. The fourth-order valence-electron chi connectivity index (χ4n) is 3.06. The summed E-state index contributed by atoms with van der Waals surface area (Å²) in [6, 6.07) is 11.1. The highest BCUT2D eigenvalue weighted by atomic mass is 35.5. The van der Waals surface area contributed by atoms with Crippen LogP contribution in [0.5, 0.6) is 0 Å². The van der Waals surface area contributed by atoms with E-state index in [1.165, 1.54) is 40.2 Å². The molecule has 3 aromatic rings. The van der Waals surface area contributed by atoms with Crippen LogP contribution in [0.4, 0.5) is 4.79 Å². The van der Waals surface area contributed by atoms with E-state index in [9.17, 15) is 18.3 Å². The second kappa shape index (κ2) is 8.68. The quantitative estimate of drug-likeness (QED) is 0.586. The third kappa shape index (κ3) is 5.23. The van der Waals surface area contributed by atoms with Gasteiger partial charge < -0.3 is 10.0 Å². The molecule has 0 saturated carbocycles. The average Bonchev–Trinajstić information content (AvgIpc) is 3.12. The number of aromatic nitrogens is 3. The smallest absolute Gasteiger partial charge is 0.407 e. The molecule has 1 N–H and O–H groups in total. The zero-order chi connectivity index (χ0) is 22.8. The van der Waals surface area contributed by atoms with Crippen molar-refractivity contribution in [1.29, 1.82) is 0 Å². The molecule has 0 bridgehead atoms. The van der Waals surface area contributed by atoms with E-state index in [2.05, 4.69) is 10.1 Å². The highest BCUT2D eigenvalue weighted by Gasteiger charge is 2.28. The Morgan fingerprint density at radius 3 is 2.48 bits per heavy atom. The Balaban J connectivity index is 2.13. The van der Waals surface area contributed by atoms with Gasteiger partial charge in [-0.05, 0) is 29.7 Å². The summed E-state index contributed by atoms with van der Waals surface area (Å²) >= 11 is 6.31. The lowest BCUT2D eigenvalue weighted by atomic mass is 9.96. The van der Waals surface area contributed by atoms with Crippen LogP contribution in [0.2, 0.25) is 5.02 Å². The normalized spacial score (nSPS) is 12.0. The van der Waals surface area contributed by atoms with Crippen molar-refractivity contribution in [3.05, 3.63) is 65.6 Å². The molecule has 0 fully saturated rings. The standard InChI is InChI=1S/C21H23ClN4O4S/c1-21(2,3)14-25(20(27)28)13-15-11-19(31(29,30)16-7-6-10-23-12-16)26(24-15)18-9-5-4-8-17(18)22/h4-12H,13-14H2,1-3H3,(H,27,28). The molecule has 2 aromatic heterocycles. The van der Waals surface area contributed by atoms with Crippen molar-refractivity contribution < 1.29 is 18.3 Å². The van der Waals surface area contributed by atoms with E-state index in [1.54, 1.807) is 24.3 Å². The summed E-state index contributed by atoms with van der Waals surface area (Å²) in [5, 5.41) is 14.2. The Hall–Kier alpha value is -2.91. The Bertz CT molecular complexity index is 1190. The van der Waals surface area contributed by atoms with E-state index in [0.29, 0.717) is 10.7 Å². The lowest BCUT2D eigenvalue weighted by Gasteiger charge is -2.27. The summed E-state index contributed by atoms with van der Waals surface area (Å²) < 4.78 is 27.9. The monoisotopic (exact) mass is 462 g/mol. The van der Waals surface area contributed by atoms with Crippen molar-refractivity contribution in [2.45, 2.75) is 37.2 Å². The number of para-hydroxylation sites is 1. The Morgan fingerprint density at radius 1 is 1.19 bits per heavy atom. The van der Waals surface area contributed by atoms with Crippen LogP contribution in [0.1, 0.15) is 26.5 Å². The molecule has 3 rings (SSSR count). The summed E-state index contributed by atoms with van der Waals surface area (Å²) in [5.41, 5.74) is 0.374. The predicted molar refractivity (Wildman–Crippen MR) is 116 cm³/mol. The first-order chi connectivity index (χ1) is 14.5. The molecule has 31 heavy (non-hydrogen) atoms. The van der Waals surface area contributed by atoms with E-state index in [-0.39, 0.29) is 34.1 Å². The van der Waals surface area contributed by atoms with Gasteiger partial charge in [-0.1, -0.05) is 44.5 Å². The lowest BCUT2D eigenvalue weighted by Crippen LogP contribution is -2.36. The van der Waals surface area contributed by atoms with Crippen molar-refractivity contribution in [3.8, 4) is 5.69 Å². The maximum absolute atomic E-state index is 13.3. The number of benzene rings is 1. The van der Waals surface area contributed by atoms with Gasteiger partial charge in [0.2, 0.25) is 9.84 Å². The van der Waals surface area contributed by atoms with Crippen LogP contribution in [0.25, 0.3) is 5.69 Å². The van der Waals surface area contributed by atoms with Crippen LogP contribution >= 0.6 is 11.6 Å². The second-order valence-corrected chi connectivity index (χ2v) is 10.5. The number of carbonyl (C=O) groups is 1. The minimum Gasteiger partial charge on any atom is -0.465 e. The number of sulfone groups is 1. The van der Waals surface area contributed by atoms with Gasteiger partial charge in [0.05, 0.1) is 27.8 Å². The number of carboxylic acid groups (broad SMARTS) is 1. The molecule has 10 heteroatoms. The van der Waals surface area contributed by atoms with Gasteiger partial charge in [-0.15, -0.1) is 0 Å². The molecular formula is C21H23ClN4O4S. The maximum atomic E-state index is 13.3. The minimum atomic E-state index is -3.99. The largest absolute Gasteiger partial charge is 0.465 e. The van der Waals surface area contributed by atoms with Gasteiger partial charge in [0.15, 0.2) is 5.03 Å². The molecule has 8 nitrogen and oxygen atoms in total. The Kier molecular flexibility index (Phi) is 6.38. The van der Waals surface area contributed by atoms with Crippen LogP contribution in [0.3, 0.4) is 0 Å². The maximum Gasteiger partial charge on any atom is 0.407 e. The van der Waals surface area contributed by atoms with Crippen molar-refractivity contribution in [1.82, 2.24) is 19.7 Å². The lowest BCUT2D eigenvalue weighted by molar-refractivity contribution is 0.122. The first kappa shape index (κ1) is 22.8. The van der Waals surface area contributed by atoms with Gasteiger partial charge in [0.25, 0.3) is 0 Å². The van der Waals surface area contributed by atoms with E-state index in [0.717, 1.165) is 0 Å². The topological polar surface area (TPSA) is 105 Å². The molecule has 0 aliphatic rings. The third-order valence-corrected chi connectivity index (χ3v) is 6.34. The molecule has 164 valence electrons. The Labute approximate surface area is 186 Å². The molecule has 0 spiro atoms. The predicted octanol–water partition coefficient (Wildman–Crippen LogP) is 4.28. The summed E-state index contributed by atoms with van der Waals surface area (Å²) in [6.07, 6.45) is 1.62. The molecule has 0 unspecified atom stereocenters. The van der Waals surface area contributed by atoms with Crippen molar-refractivity contribution >= 4 is 27.5 Å². The molecule has 2 heterocycles. The fourth-order valence-corrected chi connectivity index (χ4v) is 4.63. The molecular weight excluding hydrogens is 440 g/mol. The molecule has 0 aliphatic heterocycles. The number of halogens is 1. The summed E-state index contributed by atoms with van der Waals surface area (Å²) in [7, 11) is -3.99. The first-order valence-corrected chi connectivity index (χ1v) is 11.3. The van der Waals surface area contributed by atoms with Crippen LogP contribution < -0.4 is 0 Å². The van der Waals surface area contributed by atoms with Gasteiger partial charge >= 0.3 is 6.09 Å².